The molecule has 0 aromatic heterocycles. The molecular weight excluding hydrogens is 188 g/mol. The lowest BCUT2D eigenvalue weighted by Crippen LogP contribution is -2.21. The summed E-state index contributed by atoms with van der Waals surface area (Å²) in [4.78, 5) is 10.1. The molecule has 0 bridgehead atoms. The number of hydrogen-bond acceptors (Lipinski definition) is 2. The number of rotatable bonds is 4. The van der Waals surface area contributed by atoms with Crippen LogP contribution in [0.5, 0.6) is 0 Å². The number of carbonyl (C=O) groups excluding carboxylic acids is 1. The van der Waals surface area contributed by atoms with Crippen molar-refractivity contribution in [2.75, 3.05) is 0 Å². The molecule has 0 atom stereocenters. The zero-order chi connectivity index (χ0) is 11.3. The Labute approximate surface area is 90.3 Å². The van der Waals surface area contributed by atoms with Gasteiger partial charge < -0.3 is 5.11 Å². The predicted octanol–water partition coefficient (Wildman–Crippen LogP) is 2.21. The average Bonchev–Trinajstić information content (AvgIpc) is 2.14. The van der Waals surface area contributed by atoms with Gasteiger partial charge in [-0.25, -0.2) is 0 Å². The molecule has 0 unspecified atom stereocenters. The number of hydrogen-bond donors (Lipinski definition) is 1. The minimum Gasteiger partial charge on any atom is -0.390 e. The average molecular weight is 204 g/mol. The van der Waals surface area contributed by atoms with Crippen LogP contribution in [0.4, 0.5) is 0 Å². The van der Waals surface area contributed by atoms with Crippen LogP contribution in [-0.2, 0) is 11.2 Å². The molecule has 0 saturated carbocycles. The number of carbonyl (C=O) groups is 1. The van der Waals surface area contributed by atoms with E-state index in [0.717, 1.165) is 17.4 Å². The summed E-state index contributed by atoms with van der Waals surface area (Å²) in [6.07, 6.45) is 4.60. The Kier molecular flexibility index (Phi) is 3.81. The lowest BCUT2D eigenvalue weighted by atomic mass is 9.98. The van der Waals surface area contributed by atoms with Crippen LogP contribution in [0, 0.1) is 0 Å². The van der Waals surface area contributed by atoms with E-state index in [2.05, 4.69) is 0 Å². The molecule has 0 aliphatic carbocycles. The molecule has 0 spiro atoms. The number of aldehydes is 1. The van der Waals surface area contributed by atoms with Crippen molar-refractivity contribution < 1.29 is 9.90 Å². The fourth-order valence-corrected chi connectivity index (χ4v) is 1.40. The van der Waals surface area contributed by atoms with Gasteiger partial charge in [-0.1, -0.05) is 30.3 Å². The summed E-state index contributed by atoms with van der Waals surface area (Å²) in [5.74, 6) is 0. The summed E-state index contributed by atoms with van der Waals surface area (Å²) in [6, 6.07) is 7.78. The van der Waals surface area contributed by atoms with E-state index in [1.165, 1.54) is 6.08 Å². The summed E-state index contributed by atoms with van der Waals surface area (Å²) in [5.41, 5.74) is 1.40. The van der Waals surface area contributed by atoms with Gasteiger partial charge in [-0.15, -0.1) is 0 Å². The third-order valence-electron chi connectivity index (χ3n) is 1.98. The Morgan fingerprint density at radius 1 is 1.27 bits per heavy atom. The monoisotopic (exact) mass is 204 g/mol. The van der Waals surface area contributed by atoms with Crippen LogP contribution in [0.15, 0.2) is 30.3 Å². The fraction of sp³-hybridized carbons (Fsp3) is 0.308. The molecule has 80 valence electrons. The normalized spacial score (nSPS) is 11.9. The zero-order valence-electron chi connectivity index (χ0n) is 9.10. The molecule has 1 rings (SSSR count). The summed E-state index contributed by atoms with van der Waals surface area (Å²) >= 11 is 0. The largest absolute Gasteiger partial charge is 0.390 e. The van der Waals surface area contributed by atoms with Crippen molar-refractivity contribution in [3.05, 3.63) is 41.5 Å². The smallest absolute Gasteiger partial charge is 0.142 e. The summed E-state index contributed by atoms with van der Waals surface area (Å²) < 4.78 is 0. The van der Waals surface area contributed by atoms with Gasteiger partial charge >= 0.3 is 0 Å². The maximum absolute atomic E-state index is 10.1. The highest BCUT2D eigenvalue weighted by molar-refractivity contribution is 5.73. The molecule has 1 N–H and O–H groups in total. The van der Waals surface area contributed by atoms with Crippen molar-refractivity contribution in [1.82, 2.24) is 0 Å². The van der Waals surface area contributed by atoms with E-state index in [1.54, 1.807) is 19.9 Å². The second-order valence-electron chi connectivity index (χ2n) is 4.23. The Hall–Kier alpha value is -1.41. The van der Waals surface area contributed by atoms with E-state index in [1.807, 2.05) is 24.3 Å². The summed E-state index contributed by atoms with van der Waals surface area (Å²) in [5, 5.41) is 9.62. The molecule has 2 heteroatoms. The SMILES string of the molecule is CC(C)(O)Cc1ccc(/C=C/C=O)cc1. The van der Waals surface area contributed by atoms with E-state index in [9.17, 15) is 9.90 Å². The Balaban J connectivity index is 2.72. The standard InChI is InChI=1S/C13H16O2/c1-13(2,15)10-12-7-5-11(6-8-12)4-3-9-14/h3-9,15H,10H2,1-2H3/b4-3+. The molecule has 0 aliphatic rings. The van der Waals surface area contributed by atoms with Crippen molar-refractivity contribution in [2.45, 2.75) is 25.9 Å². The lowest BCUT2D eigenvalue weighted by Gasteiger charge is -2.16. The summed E-state index contributed by atoms with van der Waals surface area (Å²) in [6.45, 7) is 3.57. The van der Waals surface area contributed by atoms with E-state index in [0.29, 0.717) is 6.42 Å². The first-order chi connectivity index (χ1) is 7.01. The van der Waals surface area contributed by atoms with Crippen LogP contribution in [0.2, 0.25) is 0 Å². The first-order valence-electron chi connectivity index (χ1n) is 4.94. The number of benzene rings is 1. The molecule has 0 aliphatic heterocycles. The third kappa shape index (κ3) is 4.56. The van der Waals surface area contributed by atoms with Crippen molar-refractivity contribution >= 4 is 12.4 Å². The molecule has 0 radical (unpaired) electrons. The molecule has 15 heavy (non-hydrogen) atoms. The Morgan fingerprint density at radius 3 is 2.33 bits per heavy atom. The van der Waals surface area contributed by atoms with Gasteiger partial charge in [-0.05, 0) is 31.1 Å². The van der Waals surface area contributed by atoms with Gasteiger partial charge in [0.25, 0.3) is 0 Å². The second kappa shape index (κ2) is 4.89. The van der Waals surface area contributed by atoms with Gasteiger partial charge in [0.1, 0.15) is 6.29 Å². The lowest BCUT2D eigenvalue weighted by molar-refractivity contribution is -0.104. The third-order valence-corrected chi connectivity index (χ3v) is 1.98. The zero-order valence-corrected chi connectivity index (χ0v) is 9.10. The Morgan fingerprint density at radius 2 is 1.87 bits per heavy atom. The van der Waals surface area contributed by atoms with Crippen LogP contribution in [0.25, 0.3) is 6.08 Å². The number of allylic oxidation sites excluding steroid dienone is 1. The van der Waals surface area contributed by atoms with Gasteiger partial charge in [-0.3, -0.25) is 4.79 Å². The van der Waals surface area contributed by atoms with Crippen molar-refractivity contribution in [2.24, 2.45) is 0 Å². The van der Waals surface area contributed by atoms with Crippen LogP contribution < -0.4 is 0 Å². The maximum Gasteiger partial charge on any atom is 0.142 e. The van der Waals surface area contributed by atoms with Crippen LogP contribution in [0.3, 0.4) is 0 Å². The maximum atomic E-state index is 10.1. The molecule has 0 heterocycles. The molecular formula is C13H16O2. The minimum atomic E-state index is -0.680. The van der Waals surface area contributed by atoms with Gasteiger partial charge in [0.05, 0.1) is 5.60 Å². The molecule has 1 aromatic carbocycles. The van der Waals surface area contributed by atoms with E-state index < -0.39 is 5.60 Å². The van der Waals surface area contributed by atoms with Crippen LogP contribution in [-0.4, -0.2) is 17.0 Å². The van der Waals surface area contributed by atoms with Crippen molar-refractivity contribution in [3.63, 3.8) is 0 Å². The first-order valence-corrected chi connectivity index (χ1v) is 4.94. The molecule has 0 amide bonds. The van der Waals surface area contributed by atoms with Gasteiger partial charge in [0, 0.05) is 6.42 Å². The van der Waals surface area contributed by atoms with E-state index >= 15 is 0 Å². The molecule has 1 aromatic rings. The second-order valence-corrected chi connectivity index (χ2v) is 4.23. The molecule has 2 nitrogen and oxygen atoms in total. The van der Waals surface area contributed by atoms with Crippen LogP contribution >= 0.6 is 0 Å². The number of aliphatic hydroxyl groups is 1. The van der Waals surface area contributed by atoms with Gasteiger partial charge in [0.2, 0.25) is 0 Å². The van der Waals surface area contributed by atoms with E-state index in [4.69, 9.17) is 0 Å². The summed E-state index contributed by atoms with van der Waals surface area (Å²) in [7, 11) is 0. The van der Waals surface area contributed by atoms with Crippen LogP contribution in [0.1, 0.15) is 25.0 Å². The van der Waals surface area contributed by atoms with E-state index in [-0.39, 0.29) is 0 Å². The Bertz CT molecular complexity index is 342. The van der Waals surface area contributed by atoms with Crippen molar-refractivity contribution in [3.8, 4) is 0 Å². The molecule has 0 saturated heterocycles. The predicted molar refractivity (Wildman–Crippen MR) is 61.5 cm³/mol. The molecule has 0 fully saturated rings. The fourth-order valence-electron chi connectivity index (χ4n) is 1.40. The highest BCUT2D eigenvalue weighted by Gasteiger charge is 2.12. The van der Waals surface area contributed by atoms with Gasteiger partial charge in [0.15, 0.2) is 0 Å². The van der Waals surface area contributed by atoms with Gasteiger partial charge in [-0.2, -0.15) is 0 Å². The highest BCUT2D eigenvalue weighted by Crippen LogP contribution is 2.13. The highest BCUT2D eigenvalue weighted by atomic mass is 16.3. The van der Waals surface area contributed by atoms with Crippen molar-refractivity contribution in [1.29, 1.82) is 0 Å². The topological polar surface area (TPSA) is 37.3 Å². The first kappa shape index (κ1) is 11.7. The minimum absolute atomic E-state index is 0.630. The quantitative estimate of drug-likeness (QED) is 0.603.